The molecule has 1 heterocycles. The molecule has 0 aliphatic rings. The molecule has 1 aromatic carbocycles. The maximum Gasteiger partial charge on any atom is 0.0624 e. The standard InChI is InChI=1S/C16H21ClIN3/c1-4-12-9-13(21(3)20-12)10-16(19-5-2)11-6-7-15(18)14(17)8-11/h6-9,16,19H,4-5,10H2,1-3H3. The van der Waals surface area contributed by atoms with Crippen molar-refractivity contribution in [3.63, 3.8) is 0 Å². The zero-order valence-electron chi connectivity index (χ0n) is 12.7. The largest absolute Gasteiger partial charge is 0.310 e. The average Bonchev–Trinajstić information content (AvgIpc) is 2.82. The van der Waals surface area contributed by atoms with Gasteiger partial charge in [-0.3, -0.25) is 4.68 Å². The molecule has 5 heteroatoms. The Morgan fingerprint density at radius 1 is 1.33 bits per heavy atom. The van der Waals surface area contributed by atoms with Gasteiger partial charge in [-0.1, -0.05) is 31.5 Å². The van der Waals surface area contributed by atoms with Crippen LogP contribution in [0.4, 0.5) is 0 Å². The minimum atomic E-state index is 0.254. The second-order valence-corrected chi connectivity index (χ2v) is 6.66. The number of aryl methyl sites for hydroxylation is 2. The number of hydrogen-bond acceptors (Lipinski definition) is 2. The van der Waals surface area contributed by atoms with Crippen molar-refractivity contribution in [1.29, 1.82) is 0 Å². The van der Waals surface area contributed by atoms with Crippen LogP contribution in [-0.2, 0) is 19.9 Å². The Morgan fingerprint density at radius 3 is 2.67 bits per heavy atom. The van der Waals surface area contributed by atoms with Gasteiger partial charge < -0.3 is 5.32 Å². The third-order valence-corrected chi connectivity index (χ3v) is 5.17. The fraction of sp³-hybridized carbons (Fsp3) is 0.438. The molecule has 0 amide bonds. The maximum absolute atomic E-state index is 6.27. The van der Waals surface area contributed by atoms with E-state index in [1.807, 2.05) is 11.7 Å². The lowest BCUT2D eigenvalue weighted by atomic mass is 10.0. The molecule has 0 fully saturated rings. The molecule has 2 aromatic rings. The minimum absolute atomic E-state index is 0.254. The van der Waals surface area contributed by atoms with Gasteiger partial charge in [0.15, 0.2) is 0 Å². The average molecular weight is 418 g/mol. The lowest BCUT2D eigenvalue weighted by molar-refractivity contribution is 0.528. The first-order valence-corrected chi connectivity index (χ1v) is 8.70. The molecule has 0 aliphatic carbocycles. The fourth-order valence-electron chi connectivity index (χ4n) is 2.43. The minimum Gasteiger partial charge on any atom is -0.310 e. The molecule has 3 nitrogen and oxygen atoms in total. The summed E-state index contributed by atoms with van der Waals surface area (Å²) in [6.07, 6.45) is 1.88. The molecule has 1 aromatic heterocycles. The van der Waals surface area contributed by atoms with Gasteiger partial charge in [-0.25, -0.2) is 0 Å². The number of halogens is 2. The number of likely N-dealkylation sites (N-methyl/N-ethyl adjacent to an activating group) is 1. The zero-order chi connectivity index (χ0) is 15.4. The van der Waals surface area contributed by atoms with Crippen molar-refractivity contribution in [2.45, 2.75) is 32.7 Å². The highest BCUT2D eigenvalue weighted by atomic mass is 127. The predicted octanol–water partition coefficient (Wildman–Crippen LogP) is 4.13. The second-order valence-electron chi connectivity index (χ2n) is 5.09. The first-order valence-electron chi connectivity index (χ1n) is 7.25. The van der Waals surface area contributed by atoms with Crippen molar-refractivity contribution in [3.05, 3.63) is 49.8 Å². The molecule has 21 heavy (non-hydrogen) atoms. The summed E-state index contributed by atoms with van der Waals surface area (Å²) < 4.78 is 3.07. The molecule has 1 unspecified atom stereocenters. The van der Waals surface area contributed by atoms with Gasteiger partial charge in [-0.2, -0.15) is 5.10 Å². The van der Waals surface area contributed by atoms with Crippen molar-refractivity contribution in [2.24, 2.45) is 7.05 Å². The van der Waals surface area contributed by atoms with Crippen LogP contribution in [0.25, 0.3) is 0 Å². The van der Waals surface area contributed by atoms with Crippen LogP contribution in [0, 0.1) is 3.57 Å². The number of nitrogens with zero attached hydrogens (tertiary/aromatic N) is 2. The lowest BCUT2D eigenvalue weighted by Gasteiger charge is -2.19. The first-order chi connectivity index (χ1) is 10.0. The molecule has 114 valence electrons. The number of rotatable bonds is 6. The fourth-order valence-corrected chi connectivity index (χ4v) is 2.95. The van der Waals surface area contributed by atoms with E-state index in [4.69, 9.17) is 11.6 Å². The summed E-state index contributed by atoms with van der Waals surface area (Å²) in [4.78, 5) is 0. The summed E-state index contributed by atoms with van der Waals surface area (Å²) in [7, 11) is 2.01. The predicted molar refractivity (Wildman–Crippen MR) is 96.9 cm³/mol. The van der Waals surface area contributed by atoms with Crippen LogP contribution in [-0.4, -0.2) is 16.3 Å². The van der Waals surface area contributed by atoms with Crippen LogP contribution in [0.3, 0.4) is 0 Å². The van der Waals surface area contributed by atoms with Gasteiger partial charge in [0, 0.05) is 28.8 Å². The highest BCUT2D eigenvalue weighted by Crippen LogP contribution is 2.25. The molecule has 0 bridgehead atoms. The number of hydrogen-bond donors (Lipinski definition) is 1. The lowest BCUT2D eigenvalue weighted by Crippen LogP contribution is -2.24. The molecular formula is C16H21ClIN3. The van der Waals surface area contributed by atoms with Gasteiger partial charge in [0.1, 0.15) is 0 Å². The van der Waals surface area contributed by atoms with Gasteiger partial charge in [-0.05, 0) is 59.3 Å². The SMILES string of the molecule is CCNC(Cc1cc(CC)nn1C)c1ccc(I)c(Cl)c1. The van der Waals surface area contributed by atoms with Gasteiger partial charge >= 0.3 is 0 Å². The normalized spacial score (nSPS) is 12.6. The summed E-state index contributed by atoms with van der Waals surface area (Å²) >= 11 is 8.52. The van der Waals surface area contributed by atoms with E-state index in [0.717, 1.165) is 33.7 Å². The summed E-state index contributed by atoms with van der Waals surface area (Å²) in [5, 5.41) is 8.89. The Labute approximate surface area is 145 Å². The molecule has 1 atom stereocenters. The molecular weight excluding hydrogens is 397 g/mol. The van der Waals surface area contributed by atoms with E-state index < -0.39 is 0 Å². The third kappa shape index (κ3) is 4.20. The van der Waals surface area contributed by atoms with Gasteiger partial charge in [0.25, 0.3) is 0 Å². The van der Waals surface area contributed by atoms with E-state index in [2.05, 4.69) is 71.1 Å². The van der Waals surface area contributed by atoms with Crippen molar-refractivity contribution >= 4 is 34.2 Å². The smallest absolute Gasteiger partial charge is 0.0624 e. The van der Waals surface area contributed by atoms with E-state index in [1.54, 1.807) is 0 Å². The Morgan fingerprint density at radius 2 is 2.10 bits per heavy atom. The number of benzene rings is 1. The highest BCUT2D eigenvalue weighted by molar-refractivity contribution is 14.1. The van der Waals surface area contributed by atoms with Gasteiger partial charge in [0.05, 0.1) is 10.7 Å². The third-order valence-electron chi connectivity index (χ3n) is 3.60. The highest BCUT2D eigenvalue weighted by Gasteiger charge is 2.15. The Hall–Kier alpha value is -0.590. The molecule has 0 radical (unpaired) electrons. The molecule has 0 spiro atoms. The van der Waals surface area contributed by atoms with Crippen molar-refractivity contribution in [2.75, 3.05) is 6.54 Å². The molecule has 2 rings (SSSR count). The quantitative estimate of drug-likeness (QED) is 0.716. The first kappa shape index (κ1) is 16.8. The second kappa shape index (κ2) is 7.61. The van der Waals surface area contributed by atoms with Crippen LogP contribution in [0.2, 0.25) is 5.02 Å². The number of aromatic nitrogens is 2. The zero-order valence-corrected chi connectivity index (χ0v) is 15.6. The van der Waals surface area contributed by atoms with Crippen LogP contribution in [0.15, 0.2) is 24.3 Å². The molecule has 1 N–H and O–H groups in total. The Kier molecular flexibility index (Phi) is 6.08. The van der Waals surface area contributed by atoms with E-state index in [-0.39, 0.29) is 6.04 Å². The summed E-state index contributed by atoms with van der Waals surface area (Å²) in [6.45, 7) is 5.18. The Bertz CT molecular complexity index is 610. The van der Waals surface area contributed by atoms with E-state index in [0.29, 0.717) is 0 Å². The summed E-state index contributed by atoms with van der Waals surface area (Å²) in [6, 6.07) is 8.73. The van der Waals surface area contributed by atoms with Crippen LogP contribution >= 0.6 is 34.2 Å². The summed E-state index contributed by atoms with van der Waals surface area (Å²) in [5.41, 5.74) is 3.61. The van der Waals surface area contributed by atoms with E-state index in [9.17, 15) is 0 Å². The van der Waals surface area contributed by atoms with E-state index >= 15 is 0 Å². The van der Waals surface area contributed by atoms with Crippen molar-refractivity contribution in [1.82, 2.24) is 15.1 Å². The van der Waals surface area contributed by atoms with Crippen LogP contribution in [0.1, 0.15) is 36.8 Å². The van der Waals surface area contributed by atoms with Crippen LogP contribution < -0.4 is 5.32 Å². The molecule has 0 aliphatic heterocycles. The van der Waals surface area contributed by atoms with Gasteiger partial charge in [-0.15, -0.1) is 0 Å². The molecule has 0 saturated heterocycles. The summed E-state index contributed by atoms with van der Waals surface area (Å²) in [5.74, 6) is 0. The monoisotopic (exact) mass is 417 g/mol. The van der Waals surface area contributed by atoms with Gasteiger partial charge in [0.2, 0.25) is 0 Å². The van der Waals surface area contributed by atoms with Crippen LogP contribution in [0.5, 0.6) is 0 Å². The van der Waals surface area contributed by atoms with E-state index in [1.165, 1.54) is 11.3 Å². The Balaban J connectivity index is 2.25. The number of nitrogens with one attached hydrogen (secondary N) is 1. The molecule has 0 saturated carbocycles. The topological polar surface area (TPSA) is 29.9 Å². The maximum atomic E-state index is 6.27. The van der Waals surface area contributed by atoms with Crippen molar-refractivity contribution < 1.29 is 0 Å². The van der Waals surface area contributed by atoms with Crippen molar-refractivity contribution in [3.8, 4) is 0 Å².